The Balaban J connectivity index is 1.64. The number of nitrogens with zero attached hydrogens (tertiary/aromatic N) is 4. The van der Waals surface area contributed by atoms with Gasteiger partial charge in [0, 0.05) is 24.2 Å². The normalized spacial score (nSPS) is 15.9. The van der Waals surface area contributed by atoms with Crippen LogP contribution in [0.5, 0.6) is 5.75 Å². The molecule has 30 heavy (non-hydrogen) atoms. The number of amides is 1. The fourth-order valence-electron chi connectivity index (χ4n) is 3.88. The lowest BCUT2D eigenvalue weighted by atomic mass is 9.98. The van der Waals surface area contributed by atoms with E-state index in [2.05, 4.69) is 13.8 Å². The van der Waals surface area contributed by atoms with Crippen molar-refractivity contribution in [1.29, 1.82) is 0 Å². The van der Waals surface area contributed by atoms with Gasteiger partial charge in [0.1, 0.15) is 12.4 Å². The molecule has 7 heteroatoms. The number of benzene rings is 2. The zero-order chi connectivity index (χ0) is 21.1. The first-order chi connectivity index (χ1) is 14.6. The maximum absolute atomic E-state index is 13.4. The summed E-state index contributed by atoms with van der Waals surface area (Å²) < 4.78 is 7.54. The van der Waals surface area contributed by atoms with Gasteiger partial charge < -0.3 is 15.4 Å². The molecule has 1 amide bonds. The zero-order valence-electron chi connectivity index (χ0n) is 17.4. The molecule has 0 radical (unpaired) electrons. The van der Waals surface area contributed by atoms with Crippen LogP contribution in [0.4, 0.5) is 0 Å². The van der Waals surface area contributed by atoms with Crippen molar-refractivity contribution in [2.75, 3.05) is 19.7 Å². The molecule has 1 atom stereocenters. The van der Waals surface area contributed by atoms with Crippen LogP contribution < -0.4 is 10.5 Å². The Morgan fingerprint density at radius 2 is 1.97 bits per heavy atom. The molecule has 0 saturated carbocycles. The average Bonchev–Trinajstić information content (AvgIpc) is 3.21. The number of aromatic nitrogens is 3. The molecule has 156 valence electrons. The molecule has 1 aromatic heterocycles. The lowest BCUT2D eigenvalue weighted by Crippen LogP contribution is -2.44. The molecular weight excluding hydrogens is 378 g/mol. The fraction of sp³-hybridized carbons (Fsp3) is 0.348. The van der Waals surface area contributed by atoms with Crippen molar-refractivity contribution in [3.8, 4) is 17.1 Å². The minimum atomic E-state index is -0.148. The summed E-state index contributed by atoms with van der Waals surface area (Å²) in [5.41, 5.74) is 7.10. The molecule has 0 unspecified atom stereocenters. The van der Waals surface area contributed by atoms with E-state index in [0.29, 0.717) is 43.4 Å². The molecule has 4 rings (SSSR count). The van der Waals surface area contributed by atoms with Gasteiger partial charge in [-0.05, 0) is 24.1 Å². The van der Waals surface area contributed by atoms with E-state index < -0.39 is 0 Å². The SMILES string of the molecule is CC(C)[C@H]1c2nc(-c3ccccc3)nn2CCN1C(=O)c1cccc(OCCN)c1. The van der Waals surface area contributed by atoms with Gasteiger partial charge >= 0.3 is 0 Å². The van der Waals surface area contributed by atoms with Crippen molar-refractivity contribution in [2.45, 2.75) is 26.4 Å². The van der Waals surface area contributed by atoms with Gasteiger partial charge in [-0.3, -0.25) is 4.79 Å². The summed E-state index contributed by atoms with van der Waals surface area (Å²) in [6.45, 7) is 6.27. The second-order valence-electron chi connectivity index (χ2n) is 7.74. The second-order valence-corrected chi connectivity index (χ2v) is 7.74. The van der Waals surface area contributed by atoms with Gasteiger partial charge in [-0.1, -0.05) is 50.2 Å². The van der Waals surface area contributed by atoms with Crippen molar-refractivity contribution in [3.63, 3.8) is 0 Å². The lowest BCUT2D eigenvalue weighted by Gasteiger charge is -2.37. The highest BCUT2D eigenvalue weighted by Gasteiger charge is 2.36. The average molecular weight is 406 g/mol. The zero-order valence-corrected chi connectivity index (χ0v) is 17.4. The van der Waals surface area contributed by atoms with E-state index in [-0.39, 0.29) is 17.9 Å². The number of nitrogens with two attached hydrogens (primary N) is 1. The summed E-state index contributed by atoms with van der Waals surface area (Å²) in [6, 6.07) is 17.1. The Labute approximate surface area is 176 Å². The van der Waals surface area contributed by atoms with Crippen molar-refractivity contribution in [3.05, 3.63) is 66.0 Å². The smallest absolute Gasteiger partial charge is 0.254 e. The standard InChI is InChI=1S/C23H27N5O2/c1-16(2)20-22-25-21(17-7-4-3-5-8-17)26-28(22)13-12-27(20)23(29)18-9-6-10-19(15-18)30-14-11-24/h3-10,15-16,20H,11-14,24H2,1-2H3/t20-/m0/s1. The van der Waals surface area contributed by atoms with Crippen LogP contribution in [0.2, 0.25) is 0 Å². The molecule has 0 aliphatic carbocycles. The maximum atomic E-state index is 13.4. The molecule has 0 spiro atoms. The molecular formula is C23H27N5O2. The number of carbonyl (C=O) groups excluding carboxylic acids is 1. The number of fused-ring (bicyclic) bond motifs is 1. The fourth-order valence-corrected chi connectivity index (χ4v) is 3.88. The van der Waals surface area contributed by atoms with E-state index in [4.69, 9.17) is 20.6 Å². The molecule has 0 saturated heterocycles. The topological polar surface area (TPSA) is 86.3 Å². The van der Waals surface area contributed by atoms with E-state index in [9.17, 15) is 4.79 Å². The number of rotatable bonds is 6. The molecule has 2 N–H and O–H groups in total. The molecule has 1 aliphatic rings. The highest BCUT2D eigenvalue weighted by molar-refractivity contribution is 5.95. The predicted octanol–water partition coefficient (Wildman–Crippen LogP) is 3.14. The van der Waals surface area contributed by atoms with Gasteiger partial charge in [-0.2, -0.15) is 5.10 Å². The molecule has 0 bridgehead atoms. The summed E-state index contributed by atoms with van der Waals surface area (Å²) in [6.07, 6.45) is 0. The second kappa shape index (κ2) is 8.67. The highest BCUT2D eigenvalue weighted by atomic mass is 16.5. The van der Waals surface area contributed by atoms with Crippen molar-refractivity contribution in [1.82, 2.24) is 19.7 Å². The molecule has 1 aliphatic heterocycles. The lowest BCUT2D eigenvalue weighted by molar-refractivity contribution is 0.0536. The Kier molecular flexibility index (Phi) is 5.81. The number of hydrogen-bond donors (Lipinski definition) is 1. The van der Waals surface area contributed by atoms with Crippen LogP contribution in [0.25, 0.3) is 11.4 Å². The quantitative estimate of drug-likeness (QED) is 0.681. The van der Waals surface area contributed by atoms with E-state index >= 15 is 0 Å². The van der Waals surface area contributed by atoms with Gasteiger partial charge in [0.05, 0.1) is 12.6 Å². The Hall–Kier alpha value is -3.19. The van der Waals surface area contributed by atoms with Crippen LogP contribution in [0, 0.1) is 5.92 Å². The Morgan fingerprint density at radius 1 is 1.17 bits per heavy atom. The highest BCUT2D eigenvalue weighted by Crippen LogP contribution is 2.33. The Morgan fingerprint density at radius 3 is 2.70 bits per heavy atom. The number of hydrogen-bond acceptors (Lipinski definition) is 5. The molecule has 7 nitrogen and oxygen atoms in total. The van der Waals surface area contributed by atoms with Crippen molar-refractivity contribution >= 4 is 5.91 Å². The third-order valence-electron chi connectivity index (χ3n) is 5.25. The van der Waals surface area contributed by atoms with Crippen LogP contribution in [-0.2, 0) is 6.54 Å². The van der Waals surface area contributed by atoms with Crippen LogP contribution in [0.3, 0.4) is 0 Å². The third kappa shape index (κ3) is 3.93. The summed E-state index contributed by atoms with van der Waals surface area (Å²) >= 11 is 0. The first-order valence-corrected chi connectivity index (χ1v) is 10.3. The largest absolute Gasteiger partial charge is 0.492 e. The minimum absolute atomic E-state index is 0.0255. The van der Waals surface area contributed by atoms with Crippen LogP contribution in [0.1, 0.15) is 36.1 Å². The first kappa shape index (κ1) is 20.1. The van der Waals surface area contributed by atoms with Gasteiger partial charge in [-0.25, -0.2) is 9.67 Å². The van der Waals surface area contributed by atoms with E-state index in [1.165, 1.54) is 0 Å². The van der Waals surface area contributed by atoms with Gasteiger partial charge in [-0.15, -0.1) is 0 Å². The van der Waals surface area contributed by atoms with Crippen LogP contribution >= 0.6 is 0 Å². The summed E-state index contributed by atoms with van der Waals surface area (Å²) in [5, 5.41) is 4.70. The van der Waals surface area contributed by atoms with Gasteiger partial charge in [0.15, 0.2) is 11.6 Å². The van der Waals surface area contributed by atoms with Crippen LogP contribution in [0.15, 0.2) is 54.6 Å². The summed E-state index contributed by atoms with van der Waals surface area (Å²) in [5.74, 6) is 2.35. The summed E-state index contributed by atoms with van der Waals surface area (Å²) in [4.78, 5) is 20.2. The Bertz CT molecular complexity index is 1020. The molecule has 0 fully saturated rings. The first-order valence-electron chi connectivity index (χ1n) is 10.3. The van der Waals surface area contributed by atoms with Crippen molar-refractivity contribution < 1.29 is 9.53 Å². The monoisotopic (exact) mass is 405 g/mol. The molecule has 2 aromatic carbocycles. The van der Waals surface area contributed by atoms with Crippen molar-refractivity contribution in [2.24, 2.45) is 11.7 Å². The van der Waals surface area contributed by atoms with E-state index in [1.807, 2.05) is 58.1 Å². The molecule has 3 aromatic rings. The van der Waals surface area contributed by atoms with Crippen LogP contribution in [-0.4, -0.2) is 45.3 Å². The van der Waals surface area contributed by atoms with E-state index in [0.717, 1.165) is 11.4 Å². The number of carbonyl (C=O) groups is 1. The maximum Gasteiger partial charge on any atom is 0.254 e. The third-order valence-corrected chi connectivity index (χ3v) is 5.25. The minimum Gasteiger partial charge on any atom is -0.492 e. The van der Waals surface area contributed by atoms with Gasteiger partial charge in [0.2, 0.25) is 0 Å². The van der Waals surface area contributed by atoms with Gasteiger partial charge in [0.25, 0.3) is 5.91 Å². The number of ether oxygens (including phenoxy) is 1. The predicted molar refractivity (Wildman–Crippen MR) is 115 cm³/mol. The van der Waals surface area contributed by atoms with E-state index in [1.54, 1.807) is 6.07 Å². The molecule has 2 heterocycles. The summed E-state index contributed by atoms with van der Waals surface area (Å²) in [7, 11) is 0.